The Balaban J connectivity index is 4.64. The van der Waals surface area contributed by atoms with E-state index in [9.17, 15) is 24.0 Å². The summed E-state index contributed by atoms with van der Waals surface area (Å²) in [7, 11) is 0. The van der Waals surface area contributed by atoms with Gasteiger partial charge in [-0.3, -0.25) is 24.0 Å². The quantitative estimate of drug-likeness (QED) is 0.216. The monoisotopic (exact) mass is 373 g/mol. The van der Waals surface area contributed by atoms with Gasteiger partial charge in [0.15, 0.2) is 0 Å². The van der Waals surface area contributed by atoms with Crippen molar-refractivity contribution in [3.8, 4) is 0 Å². The molecule has 0 saturated heterocycles. The number of hydrogen-bond donors (Lipinski definition) is 6. The average molecular weight is 373 g/mol. The van der Waals surface area contributed by atoms with E-state index in [1.165, 1.54) is 0 Å². The Morgan fingerprint density at radius 3 is 2.12 bits per heavy atom. The van der Waals surface area contributed by atoms with E-state index in [2.05, 4.69) is 16.0 Å². The highest BCUT2D eigenvalue weighted by molar-refractivity contribution is 5.92. The highest BCUT2D eigenvalue weighted by Gasteiger charge is 2.23. The van der Waals surface area contributed by atoms with Crippen LogP contribution in [0, 0.1) is 5.92 Å². The van der Waals surface area contributed by atoms with Gasteiger partial charge in [-0.05, 0) is 12.3 Å². The van der Waals surface area contributed by atoms with Crippen molar-refractivity contribution in [1.82, 2.24) is 16.0 Å². The number of rotatable bonds is 12. The van der Waals surface area contributed by atoms with Crippen LogP contribution >= 0.6 is 0 Å². The smallest absolute Gasteiger partial charge is 0.322 e. The third-order valence-electron chi connectivity index (χ3n) is 3.73. The van der Waals surface area contributed by atoms with E-state index in [4.69, 9.17) is 16.6 Å². The maximum Gasteiger partial charge on any atom is 0.322 e. The fraction of sp³-hybridized carbons (Fsp3) is 0.667. The van der Waals surface area contributed by atoms with Gasteiger partial charge in [-0.15, -0.1) is 0 Å². The molecule has 8 N–H and O–H groups in total. The normalized spacial score (nSPS) is 13.8. The molecule has 0 aliphatic heterocycles. The number of primary amides is 1. The first-order valence-electron chi connectivity index (χ1n) is 8.18. The Morgan fingerprint density at radius 2 is 1.62 bits per heavy atom. The van der Waals surface area contributed by atoms with Crippen LogP contribution in [0.25, 0.3) is 0 Å². The lowest BCUT2D eigenvalue weighted by atomic mass is 9.99. The average Bonchev–Trinajstić information content (AvgIpc) is 2.59. The van der Waals surface area contributed by atoms with Crippen molar-refractivity contribution >= 4 is 29.6 Å². The molecule has 11 heteroatoms. The minimum Gasteiger partial charge on any atom is -0.480 e. The predicted molar refractivity (Wildman–Crippen MR) is 91.4 cm³/mol. The Hall–Kier alpha value is -2.69. The van der Waals surface area contributed by atoms with E-state index in [1.807, 2.05) is 6.92 Å². The number of aliphatic carboxylic acids is 1. The zero-order valence-corrected chi connectivity index (χ0v) is 14.9. The highest BCUT2D eigenvalue weighted by atomic mass is 16.4. The maximum absolute atomic E-state index is 11.9. The lowest BCUT2D eigenvalue weighted by Gasteiger charge is -2.19. The van der Waals surface area contributed by atoms with Crippen molar-refractivity contribution in [1.29, 1.82) is 0 Å². The van der Waals surface area contributed by atoms with Gasteiger partial charge in [0.25, 0.3) is 0 Å². The molecule has 4 amide bonds. The van der Waals surface area contributed by atoms with E-state index in [1.54, 1.807) is 6.92 Å². The molecule has 0 saturated carbocycles. The van der Waals surface area contributed by atoms with E-state index in [0.717, 1.165) is 0 Å². The van der Waals surface area contributed by atoms with Crippen LogP contribution in [0.1, 0.15) is 33.1 Å². The predicted octanol–water partition coefficient (Wildman–Crippen LogP) is -2.57. The zero-order valence-electron chi connectivity index (χ0n) is 14.9. The van der Waals surface area contributed by atoms with Crippen LogP contribution in [0.5, 0.6) is 0 Å². The molecule has 0 bridgehead atoms. The second kappa shape index (κ2) is 11.8. The molecule has 3 atom stereocenters. The Kier molecular flexibility index (Phi) is 10.6. The van der Waals surface area contributed by atoms with Gasteiger partial charge in [-0.25, -0.2) is 0 Å². The summed E-state index contributed by atoms with van der Waals surface area (Å²) in [5.41, 5.74) is 10.8. The fourth-order valence-corrected chi connectivity index (χ4v) is 1.88. The second-order valence-electron chi connectivity index (χ2n) is 5.87. The number of nitrogens with one attached hydrogen (secondary N) is 3. The Morgan fingerprint density at radius 1 is 1.04 bits per heavy atom. The number of carboxylic acid groups (broad SMARTS) is 1. The standard InChI is InChI=1S/C15H27N5O6/c1-3-8(2)13(17)15(26)18-6-11(22)20-9(4-5-10(16)21)14(25)19-7-12(23)24/h8-9,13H,3-7,17H2,1-2H3,(H2,16,21)(H,18,26)(H,19,25)(H,20,22)(H,23,24)/t8-,9-,13-/m0/s1. The summed E-state index contributed by atoms with van der Waals surface area (Å²) < 4.78 is 0. The van der Waals surface area contributed by atoms with Crippen molar-refractivity contribution < 1.29 is 29.1 Å². The van der Waals surface area contributed by atoms with E-state index in [-0.39, 0.29) is 18.8 Å². The summed E-state index contributed by atoms with van der Waals surface area (Å²) in [4.78, 5) is 57.1. The Labute approximate surface area is 151 Å². The van der Waals surface area contributed by atoms with Gasteiger partial charge in [0.2, 0.25) is 23.6 Å². The van der Waals surface area contributed by atoms with Gasteiger partial charge in [0.1, 0.15) is 12.6 Å². The third kappa shape index (κ3) is 9.57. The van der Waals surface area contributed by atoms with Crippen LogP contribution in [0.4, 0.5) is 0 Å². The molecule has 11 nitrogen and oxygen atoms in total. The van der Waals surface area contributed by atoms with Crippen molar-refractivity contribution in [2.75, 3.05) is 13.1 Å². The first-order chi connectivity index (χ1) is 12.1. The largest absolute Gasteiger partial charge is 0.480 e. The molecule has 0 aromatic heterocycles. The van der Waals surface area contributed by atoms with Gasteiger partial charge in [0, 0.05) is 6.42 Å². The molecule has 0 aromatic rings. The number of carbonyl (C=O) groups is 5. The summed E-state index contributed by atoms with van der Waals surface area (Å²) >= 11 is 0. The molecular weight excluding hydrogens is 346 g/mol. The minimum absolute atomic E-state index is 0.0665. The molecule has 26 heavy (non-hydrogen) atoms. The highest BCUT2D eigenvalue weighted by Crippen LogP contribution is 2.04. The summed E-state index contributed by atoms with van der Waals surface area (Å²) in [5, 5.41) is 15.4. The molecular formula is C15H27N5O6. The number of carboxylic acids is 1. The molecule has 0 heterocycles. The van der Waals surface area contributed by atoms with Crippen molar-refractivity contribution in [3.63, 3.8) is 0 Å². The number of nitrogens with two attached hydrogens (primary N) is 2. The Bertz CT molecular complexity index is 539. The van der Waals surface area contributed by atoms with Crippen LogP contribution < -0.4 is 27.4 Å². The van der Waals surface area contributed by atoms with E-state index >= 15 is 0 Å². The van der Waals surface area contributed by atoms with E-state index in [0.29, 0.717) is 6.42 Å². The fourth-order valence-electron chi connectivity index (χ4n) is 1.88. The topological polar surface area (TPSA) is 194 Å². The van der Waals surface area contributed by atoms with Gasteiger partial charge >= 0.3 is 5.97 Å². The molecule has 0 aromatic carbocycles. The van der Waals surface area contributed by atoms with Crippen molar-refractivity contribution in [2.45, 2.75) is 45.2 Å². The SMILES string of the molecule is CC[C@H](C)[C@H](N)C(=O)NCC(=O)N[C@@H](CCC(N)=O)C(=O)NCC(=O)O. The molecule has 0 spiro atoms. The van der Waals surface area contributed by atoms with Crippen molar-refractivity contribution in [3.05, 3.63) is 0 Å². The lowest BCUT2D eigenvalue weighted by Crippen LogP contribution is -2.52. The summed E-state index contributed by atoms with van der Waals surface area (Å²) in [5.74, 6) is -3.96. The molecule has 0 aliphatic carbocycles. The number of amides is 4. The molecule has 0 unspecified atom stereocenters. The first kappa shape index (κ1) is 23.3. The second-order valence-corrected chi connectivity index (χ2v) is 5.87. The number of carbonyl (C=O) groups excluding carboxylic acids is 4. The molecule has 0 fully saturated rings. The van der Waals surface area contributed by atoms with Crippen molar-refractivity contribution in [2.24, 2.45) is 17.4 Å². The summed E-state index contributed by atoms with van der Waals surface area (Å²) in [6.07, 6.45) is 0.406. The molecule has 0 radical (unpaired) electrons. The molecule has 148 valence electrons. The third-order valence-corrected chi connectivity index (χ3v) is 3.73. The minimum atomic E-state index is -1.26. The molecule has 0 aliphatic rings. The maximum atomic E-state index is 11.9. The van der Waals surface area contributed by atoms with Crippen LogP contribution in [0.15, 0.2) is 0 Å². The van der Waals surface area contributed by atoms with Crippen LogP contribution in [-0.2, 0) is 24.0 Å². The van der Waals surface area contributed by atoms with E-state index < -0.39 is 54.8 Å². The lowest BCUT2D eigenvalue weighted by molar-refractivity contribution is -0.138. The van der Waals surface area contributed by atoms with Gasteiger partial charge in [-0.2, -0.15) is 0 Å². The van der Waals surface area contributed by atoms with Crippen LogP contribution in [0.3, 0.4) is 0 Å². The van der Waals surface area contributed by atoms with Gasteiger partial charge in [-0.1, -0.05) is 20.3 Å². The summed E-state index contributed by atoms with van der Waals surface area (Å²) in [6.45, 7) is 2.63. The van der Waals surface area contributed by atoms with Gasteiger partial charge in [0.05, 0.1) is 12.6 Å². The first-order valence-corrected chi connectivity index (χ1v) is 8.18. The molecule has 0 rings (SSSR count). The van der Waals surface area contributed by atoms with Gasteiger partial charge < -0.3 is 32.5 Å². The van der Waals surface area contributed by atoms with Crippen LogP contribution in [-0.4, -0.2) is 59.9 Å². The number of hydrogen-bond acceptors (Lipinski definition) is 6. The zero-order chi connectivity index (χ0) is 20.3. The summed E-state index contributed by atoms with van der Waals surface area (Å²) in [6, 6.07) is -1.92. The van der Waals surface area contributed by atoms with Crippen LogP contribution in [0.2, 0.25) is 0 Å².